The van der Waals surface area contributed by atoms with Crippen molar-refractivity contribution in [2.75, 3.05) is 0 Å². The second-order valence-corrected chi connectivity index (χ2v) is 5.58. The summed E-state index contributed by atoms with van der Waals surface area (Å²) in [7, 11) is 1.71. The van der Waals surface area contributed by atoms with Crippen LogP contribution >= 0.6 is 15.9 Å². The molecule has 21 heavy (non-hydrogen) atoms. The summed E-state index contributed by atoms with van der Waals surface area (Å²) in [6.07, 6.45) is 1.82. The van der Waals surface area contributed by atoms with Gasteiger partial charge in [-0.1, -0.05) is 22.9 Å². The number of rotatable bonds is 5. The molecule has 2 rings (SSSR count). The van der Waals surface area contributed by atoms with E-state index in [2.05, 4.69) is 21.0 Å². The lowest BCUT2D eigenvalue weighted by Crippen LogP contribution is -2.11. The Balaban J connectivity index is 2.23. The van der Waals surface area contributed by atoms with Gasteiger partial charge in [-0.25, -0.2) is 4.39 Å². The zero-order valence-electron chi connectivity index (χ0n) is 11.7. The molecule has 0 saturated carbocycles. The third kappa shape index (κ3) is 3.44. The fourth-order valence-corrected chi connectivity index (χ4v) is 2.44. The Morgan fingerprint density at radius 1 is 1.29 bits per heavy atom. The lowest BCUT2D eigenvalue weighted by Gasteiger charge is -2.03. The molecule has 0 bridgehead atoms. The first-order chi connectivity index (χ1) is 9.92. The van der Waals surface area contributed by atoms with E-state index >= 15 is 0 Å². The number of benzene rings is 1. The number of aromatic nitrogens is 2. The fraction of sp³-hybridized carbons (Fsp3) is 0.267. The number of aryl methyl sites for hydroxylation is 2. The van der Waals surface area contributed by atoms with Gasteiger partial charge >= 0.3 is 0 Å². The fourth-order valence-electron chi connectivity index (χ4n) is 2.08. The summed E-state index contributed by atoms with van der Waals surface area (Å²) in [5, 5.41) is 4.16. The van der Waals surface area contributed by atoms with E-state index in [9.17, 15) is 14.0 Å². The number of halogens is 2. The quantitative estimate of drug-likeness (QED) is 0.612. The highest BCUT2D eigenvalue weighted by molar-refractivity contribution is 9.10. The monoisotopic (exact) mass is 352 g/mol. The minimum Gasteiger partial charge on any atom is -0.294 e. The highest BCUT2D eigenvalue weighted by atomic mass is 79.9. The van der Waals surface area contributed by atoms with Crippen LogP contribution in [0.1, 0.15) is 39.8 Å². The molecule has 0 aliphatic carbocycles. The molecule has 1 aromatic carbocycles. The van der Waals surface area contributed by atoms with Crippen LogP contribution < -0.4 is 0 Å². The van der Waals surface area contributed by atoms with Gasteiger partial charge in [0.25, 0.3) is 0 Å². The summed E-state index contributed by atoms with van der Waals surface area (Å²) >= 11 is 3.18. The molecule has 0 aliphatic heterocycles. The molecular weight excluding hydrogens is 339 g/mol. The van der Waals surface area contributed by atoms with Gasteiger partial charge < -0.3 is 0 Å². The number of nitrogens with zero attached hydrogens (tertiary/aromatic N) is 2. The van der Waals surface area contributed by atoms with E-state index in [1.54, 1.807) is 13.2 Å². The van der Waals surface area contributed by atoms with Crippen molar-refractivity contribution in [1.29, 1.82) is 0 Å². The van der Waals surface area contributed by atoms with Crippen LogP contribution in [-0.4, -0.2) is 21.3 Å². The standard InChI is InChI=1S/C15H14BrFN2O2/c1-3-13-11(8-19(2)18-13)15(21)7-14(20)10-6-9(16)4-5-12(10)17/h4-6,8H,3,7H2,1-2H3. The molecule has 2 aromatic rings. The van der Waals surface area contributed by atoms with Gasteiger partial charge in [0.1, 0.15) is 5.82 Å². The average Bonchev–Trinajstić information content (AvgIpc) is 2.82. The number of Topliss-reactive ketones (excluding diaryl/α,β-unsaturated/α-hetero) is 2. The summed E-state index contributed by atoms with van der Waals surface area (Å²) in [5.74, 6) is -1.51. The lowest BCUT2D eigenvalue weighted by molar-refractivity contribution is 0.0891. The molecule has 0 spiro atoms. The average molecular weight is 353 g/mol. The Hall–Kier alpha value is -1.82. The number of carbonyl (C=O) groups excluding carboxylic acids is 2. The predicted octanol–water partition coefficient (Wildman–Crippen LogP) is 3.34. The molecular formula is C15H14BrFN2O2. The van der Waals surface area contributed by atoms with Crippen LogP contribution in [-0.2, 0) is 13.5 Å². The minimum atomic E-state index is -0.627. The van der Waals surface area contributed by atoms with E-state index < -0.39 is 11.6 Å². The van der Waals surface area contributed by atoms with Gasteiger partial charge in [0.2, 0.25) is 0 Å². The van der Waals surface area contributed by atoms with E-state index in [-0.39, 0.29) is 17.8 Å². The van der Waals surface area contributed by atoms with Crippen molar-refractivity contribution in [3.8, 4) is 0 Å². The topological polar surface area (TPSA) is 52.0 Å². The van der Waals surface area contributed by atoms with Crippen molar-refractivity contribution in [1.82, 2.24) is 9.78 Å². The zero-order valence-corrected chi connectivity index (χ0v) is 13.3. The van der Waals surface area contributed by atoms with Gasteiger partial charge in [0.05, 0.1) is 23.2 Å². The minimum absolute atomic E-state index is 0.0836. The van der Waals surface area contributed by atoms with Crippen molar-refractivity contribution in [3.05, 3.63) is 51.5 Å². The highest BCUT2D eigenvalue weighted by Gasteiger charge is 2.20. The summed E-state index contributed by atoms with van der Waals surface area (Å²) < 4.78 is 15.8. The van der Waals surface area contributed by atoms with Gasteiger partial charge in [0.15, 0.2) is 11.6 Å². The maximum atomic E-state index is 13.7. The third-order valence-corrected chi connectivity index (χ3v) is 3.58. The first-order valence-electron chi connectivity index (χ1n) is 6.46. The van der Waals surface area contributed by atoms with Gasteiger partial charge in [0, 0.05) is 17.7 Å². The largest absolute Gasteiger partial charge is 0.294 e. The summed E-state index contributed by atoms with van der Waals surface area (Å²) in [6, 6.07) is 4.09. The molecule has 1 heterocycles. The van der Waals surface area contributed by atoms with Gasteiger partial charge in [-0.3, -0.25) is 14.3 Å². The molecule has 0 radical (unpaired) electrons. The van der Waals surface area contributed by atoms with E-state index in [1.165, 1.54) is 22.9 Å². The number of hydrogen-bond donors (Lipinski definition) is 0. The Morgan fingerprint density at radius 2 is 1.95 bits per heavy atom. The summed E-state index contributed by atoms with van der Waals surface area (Å²) in [6.45, 7) is 1.88. The molecule has 6 heteroatoms. The first kappa shape index (κ1) is 15.6. The van der Waals surface area contributed by atoms with Crippen LogP contribution in [0.2, 0.25) is 0 Å². The Labute approximate surface area is 130 Å². The van der Waals surface area contributed by atoms with Crippen LogP contribution in [0.3, 0.4) is 0 Å². The van der Waals surface area contributed by atoms with Crippen LogP contribution in [0.15, 0.2) is 28.9 Å². The van der Waals surface area contributed by atoms with Crippen LogP contribution in [0.25, 0.3) is 0 Å². The number of ketones is 2. The van der Waals surface area contributed by atoms with E-state index in [4.69, 9.17) is 0 Å². The second-order valence-electron chi connectivity index (χ2n) is 4.66. The Bertz CT molecular complexity index is 710. The van der Waals surface area contributed by atoms with E-state index in [1.807, 2.05) is 6.92 Å². The molecule has 0 unspecified atom stereocenters. The van der Waals surface area contributed by atoms with Crippen LogP contribution in [0.5, 0.6) is 0 Å². The zero-order chi connectivity index (χ0) is 15.6. The van der Waals surface area contributed by atoms with Gasteiger partial charge in [-0.05, 0) is 24.6 Å². The second kappa shape index (κ2) is 6.30. The molecule has 4 nitrogen and oxygen atoms in total. The predicted molar refractivity (Wildman–Crippen MR) is 80.0 cm³/mol. The third-order valence-electron chi connectivity index (χ3n) is 3.09. The van der Waals surface area contributed by atoms with Crippen molar-refractivity contribution >= 4 is 27.5 Å². The number of hydrogen-bond acceptors (Lipinski definition) is 3. The molecule has 0 fully saturated rings. The SMILES string of the molecule is CCc1nn(C)cc1C(=O)CC(=O)c1cc(Br)ccc1F. The first-order valence-corrected chi connectivity index (χ1v) is 7.25. The van der Waals surface area contributed by atoms with Crippen molar-refractivity contribution in [2.24, 2.45) is 7.05 Å². The van der Waals surface area contributed by atoms with E-state index in [0.29, 0.717) is 22.2 Å². The summed E-state index contributed by atoms with van der Waals surface area (Å²) in [4.78, 5) is 24.3. The lowest BCUT2D eigenvalue weighted by atomic mass is 10.0. The molecule has 0 saturated heterocycles. The Morgan fingerprint density at radius 3 is 2.62 bits per heavy atom. The van der Waals surface area contributed by atoms with Crippen LogP contribution in [0.4, 0.5) is 4.39 Å². The van der Waals surface area contributed by atoms with E-state index in [0.717, 1.165) is 0 Å². The van der Waals surface area contributed by atoms with Crippen molar-refractivity contribution < 1.29 is 14.0 Å². The molecule has 0 atom stereocenters. The Kier molecular flexibility index (Phi) is 4.67. The molecule has 0 amide bonds. The molecule has 1 aromatic heterocycles. The van der Waals surface area contributed by atoms with Gasteiger partial charge in [-0.2, -0.15) is 5.10 Å². The highest BCUT2D eigenvalue weighted by Crippen LogP contribution is 2.19. The molecule has 0 aliphatic rings. The summed E-state index contributed by atoms with van der Waals surface area (Å²) in [5.41, 5.74) is 0.980. The maximum absolute atomic E-state index is 13.7. The maximum Gasteiger partial charge on any atom is 0.174 e. The van der Waals surface area contributed by atoms with Crippen molar-refractivity contribution in [2.45, 2.75) is 19.8 Å². The molecule has 0 N–H and O–H groups in total. The normalized spacial score (nSPS) is 10.7. The smallest absolute Gasteiger partial charge is 0.174 e. The van der Waals surface area contributed by atoms with Gasteiger partial charge in [-0.15, -0.1) is 0 Å². The molecule has 110 valence electrons. The van der Waals surface area contributed by atoms with Crippen molar-refractivity contribution in [3.63, 3.8) is 0 Å². The van der Waals surface area contributed by atoms with Crippen LogP contribution in [0, 0.1) is 5.82 Å². The number of carbonyl (C=O) groups is 2.